The lowest BCUT2D eigenvalue weighted by Gasteiger charge is -2.33. The predicted octanol–water partition coefficient (Wildman–Crippen LogP) is 0.473. The Morgan fingerprint density at radius 3 is 2.20 bits per heavy atom. The number of phenolic OH excluding ortho intramolecular Hbond substituents is 1. The van der Waals surface area contributed by atoms with Gasteiger partial charge in [0, 0.05) is 19.5 Å². The molecule has 1 aromatic rings. The second-order valence-corrected chi connectivity index (χ2v) is 11.9. The number of aliphatic carboxylic acids is 1. The van der Waals surface area contributed by atoms with Crippen LogP contribution in [0.3, 0.4) is 0 Å². The van der Waals surface area contributed by atoms with Gasteiger partial charge in [-0.3, -0.25) is 19.2 Å². The van der Waals surface area contributed by atoms with Crippen LogP contribution >= 0.6 is 0 Å². The lowest BCUT2D eigenvalue weighted by molar-refractivity contribution is -0.147. The van der Waals surface area contributed by atoms with E-state index in [1.165, 1.54) is 17.0 Å². The first-order chi connectivity index (χ1) is 21.0. The van der Waals surface area contributed by atoms with Crippen LogP contribution in [0, 0.1) is 5.92 Å². The zero-order valence-electron chi connectivity index (χ0n) is 25.7. The van der Waals surface area contributed by atoms with Gasteiger partial charge in [0.05, 0.1) is 6.04 Å². The van der Waals surface area contributed by atoms with Gasteiger partial charge in [-0.15, -0.1) is 0 Å². The fraction of sp³-hybridized carbons (Fsp3) is 0.645. The maximum absolute atomic E-state index is 13.7. The van der Waals surface area contributed by atoms with Gasteiger partial charge in [-0.05, 0) is 75.1 Å². The highest BCUT2D eigenvalue weighted by Gasteiger charge is 2.43. The number of likely N-dealkylation sites (tertiary alicyclic amines) is 2. The van der Waals surface area contributed by atoms with Gasteiger partial charge in [0.1, 0.15) is 29.9 Å². The minimum atomic E-state index is -1.27. The van der Waals surface area contributed by atoms with Gasteiger partial charge in [0.25, 0.3) is 0 Å². The monoisotopic (exact) mass is 616 g/mol. The Labute approximate surface area is 258 Å². The highest BCUT2D eigenvalue weighted by Crippen LogP contribution is 2.26. The van der Waals surface area contributed by atoms with Gasteiger partial charge in [-0.1, -0.05) is 32.4 Å². The molecule has 8 N–H and O–H groups in total. The molecular formula is C31H48N6O7. The fourth-order valence-electron chi connectivity index (χ4n) is 5.84. The Kier molecular flexibility index (Phi) is 13.0. The molecule has 6 atom stereocenters. The van der Waals surface area contributed by atoms with Crippen molar-refractivity contribution in [3.8, 4) is 5.75 Å². The molecule has 13 heteroatoms. The normalized spacial score (nSPS) is 20.9. The molecule has 44 heavy (non-hydrogen) atoms. The SMILES string of the molecule is CC[C@H](C)[C@H](N)C(=O)N1CCC[C@H]1C(=O)N1CCC[C@H]1C(=O)N[C@@H](CCCCN)C(=O)N[C@@H](Cc1ccc(O)cc1)C(=O)O. The number of carbonyl (C=O) groups excluding carboxylic acids is 4. The number of nitrogens with two attached hydrogens (primary N) is 2. The first-order valence-electron chi connectivity index (χ1n) is 15.7. The van der Waals surface area contributed by atoms with E-state index in [0.717, 1.165) is 6.42 Å². The second kappa shape index (κ2) is 16.4. The lowest BCUT2D eigenvalue weighted by atomic mass is 9.98. The van der Waals surface area contributed by atoms with Gasteiger partial charge < -0.3 is 42.1 Å². The summed E-state index contributed by atoms with van der Waals surface area (Å²) in [4.78, 5) is 68.8. The summed E-state index contributed by atoms with van der Waals surface area (Å²) in [6.07, 6.45) is 4.23. The number of hydrogen-bond donors (Lipinski definition) is 6. The van der Waals surface area contributed by atoms with Crippen molar-refractivity contribution >= 4 is 29.6 Å². The van der Waals surface area contributed by atoms with Crippen LogP contribution in [-0.2, 0) is 30.4 Å². The van der Waals surface area contributed by atoms with E-state index in [9.17, 15) is 34.2 Å². The number of unbranched alkanes of at least 4 members (excludes halogenated alkanes) is 1. The van der Waals surface area contributed by atoms with E-state index in [1.807, 2.05) is 13.8 Å². The second-order valence-electron chi connectivity index (χ2n) is 11.9. The first kappa shape index (κ1) is 34.8. The largest absolute Gasteiger partial charge is 0.508 e. The van der Waals surface area contributed by atoms with Gasteiger partial charge in [0.15, 0.2) is 0 Å². The number of phenols is 1. The molecule has 2 saturated heterocycles. The zero-order chi connectivity index (χ0) is 32.4. The summed E-state index contributed by atoms with van der Waals surface area (Å²) in [6.45, 7) is 5.04. The molecule has 3 rings (SSSR count). The topological polar surface area (TPSA) is 208 Å². The molecule has 13 nitrogen and oxygen atoms in total. The summed E-state index contributed by atoms with van der Waals surface area (Å²) in [5.74, 6) is -2.94. The third kappa shape index (κ3) is 8.91. The van der Waals surface area contributed by atoms with E-state index >= 15 is 0 Å². The summed E-state index contributed by atoms with van der Waals surface area (Å²) in [6, 6.07) is 1.49. The smallest absolute Gasteiger partial charge is 0.326 e. The Bertz CT molecular complexity index is 1160. The highest BCUT2D eigenvalue weighted by atomic mass is 16.4. The molecular weight excluding hydrogens is 568 g/mol. The molecule has 0 saturated carbocycles. The summed E-state index contributed by atoms with van der Waals surface area (Å²) < 4.78 is 0. The average Bonchev–Trinajstić information content (AvgIpc) is 3.70. The van der Waals surface area contributed by atoms with Crippen LogP contribution in [0.2, 0.25) is 0 Å². The van der Waals surface area contributed by atoms with Crippen molar-refractivity contribution in [1.29, 1.82) is 0 Å². The van der Waals surface area contributed by atoms with Crippen LogP contribution in [0.15, 0.2) is 24.3 Å². The third-order valence-electron chi connectivity index (χ3n) is 8.77. The van der Waals surface area contributed by atoms with Crippen molar-refractivity contribution < 1.29 is 34.2 Å². The number of carbonyl (C=O) groups is 5. The molecule has 1 aromatic carbocycles. The maximum atomic E-state index is 13.7. The lowest BCUT2D eigenvalue weighted by Crippen LogP contribution is -2.58. The van der Waals surface area contributed by atoms with E-state index < -0.39 is 48.0 Å². The molecule has 4 amide bonds. The van der Waals surface area contributed by atoms with E-state index in [0.29, 0.717) is 63.7 Å². The number of carboxylic acid groups (broad SMARTS) is 1. The van der Waals surface area contributed by atoms with Crippen molar-refractivity contribution in [3.05, 3.63) is 29.8 Å². The van der Waals surface area contributed by atoms with Crippen LogP contribution in [0.5, 0.6) is 5.75 Å². The van der Waals surface area contributed by atoms with Crippen molar-refractivity contribution in [2.24, 2.45) is 17.4 Å². The van der Waals surface area contributed by atoms with E-state index in [1.54, 1.807) is 17.0 Å². The van der Waals surface area contributed by atoms with Crippen molar-refractivity contribution in [3.63, 3.8) is 0 Å². The Hall–Kier alpha value is -3.71. The number of carboxylic acids is 1. The van der Waals surface area contributed by atoms with Crippen molar-refractivity contribution in [2.75, 3.05) is 19.6 Å². The molecule has 2 aliphatic rings. The van der Waals surface area contributed by atoms with E-state index in [4.69, 9.17) is 11.5 Å². The number of aromatic hydroxyl groups is 1. The maximum Gasteiger partial charge on any atom is 0.326 e. The minimum Gasteiger partial charge on any atom is -0.508 e. The van der Waals surface area contributed by atoms with Gasteiger partial charge in [-0.25, -0.2) is 4.79 Å². The van der Waals surface area contributed by atoms with E-state index in [-0.39, 0.29) is 36.3 Å². The van der Waals surface area contributed by atoms with Gasteiger partial charge >= 0.3 is 5.97 Å². The number of nitrogens with one attached hydrogen (secondary N) is 2. The number of rotatable bonds is 15. The quantitative estimate of drug-likeness (QED) is 0.151. The molecule has 0 radical (unpaired) electrons. The minimum absolute atomic E-state index is 0.0208. The van der Waals surface area contributed by atoms with E-state index in [2.05, 4.69) is 10.6 Å². The molecule has 0 unspecified atom stereocenters. The van der Waals surface area contributed by atoms with Gasteiger partial charge in [0.2, 0.25) is 23.6 Å². The van der Waals surface area contributed by atoms with Crippen molar-refractivity contribution in [1.82, 2.24) is 20.4 Å². The van der Waals surface area contributed by atoms with Crippen molar-refractivity contribution in [2.45, 2.75) is 102 Å². The first-order valence-corrected chi connectivity index (χ1v) is 15.7. The zero-order valence-corrected chi connectivity index (χ0v) is 25.7. The molecule has 0 aromatic heterocycles. The molecule has 2 aliphatic heterocycles. The Morgan fingerprint density at radius 2 is 1.59 bits per heavy atom. The molecule has 2 fully saturated rings. The molecule has 244 valence electrons. The molecule has 0 aliphatic carbocycles. The Morgan fingerprint density at radius 1 is 0.955 bits per heavy atom. The molecule has 2 heterocycles. The fourth-order valence-corrected chi connectivity index (χ4v) is 5.84. The van der Waals surface area contributed by atoms with Crippen LogP contribution in [-0.4, -0.2) is 99.5 Å². The van der Waals surface area contributed by atoms with Crippen LogP contribution < -0.4 is 22.1 Å². The van der Waals surface area contributed by atoms with Gasteiger partial charge in [-0.2, -0.15) is 0 Å². The summed E-state index contributed by atoms with van der Waals surface area (Å²) in [5.41, 5.74) is 12.4. The highest BCUT2D eigenvalue weighted by molar-refractivity contribution is 5.96. The number of benzene rings is 1. The van der Waals surface area contributed by atoms with Crippen LogP contribution in [0.25, 0.3) is 0 Å². The summed E-state index contributed by atoms with van der Waals surface area (Å²) in [5, 5.41) is 24.6. The number of hydrogen-bond acceptors (Lipinski definition) is 8. The number of amides is 4. The Balaban J connectivity index is 1.71. The molecule has 0 spiro atoms. The standard InChI is InChI=1S/C31H48N6O7/c1-3-19(2)26(33)30(42)37-17-7-10-25(37)29(41)36-16-6-9-24(36)28(40)34-22(8-4-5-15-32)27(39)35-23(31(43)44)18-20-11-13-21(38)14-12-20/h11-14,19,22-26,38H,3-10,15-18,32-33H2,1-2H3,(H,34,40)(H,35,39)(H,43,44)/t19-,22-,23-,24-,25-,26-/m0/s1. The van der Waals surface area contributed by atoms with Crippen LogP contribution in [0.4, 0.5) is 0 Å². The summed E-state index contributed by atoms with van der Waals surface area (Å²) >= 11 is 0. The number of nitrogens with zero attached hydrogens (tertiary/aromatic N) is 2. The third-order valence-corrected chi connectivity index (χ3v) is 8.77. The average molecular weight is 617 g/mol. The molecule has 0 bridgehead atoms. The summed E-state index contributed by atoms with van der Waals surface area (Å²) in [7, 11) is 0. The van der Waals surface area contributed by atoms with Crippen LogP contribution in [0.1, 0.15) is 70.8 Å². The predicted molar refractivity (Wildman–Crippen MR) is 163 cm³/mol.